The van der Waals surface area contributed by atoms with Gasteiger partial charge in [0, 0.05) is 50.8 Å². The van der Waals surface area contributed by atoms with E-state index >= 15 is 0 Å². The zero-order valence-corrected chi connectivity index (χ0v) is 43.0. The van der Waals surface area contributed by atoms with E-state index in [1.807, 2.05) is 43.3 Å². The predicted molar refractivity (Wildman–Crippen MR) is 273 cm³/mol. The number of aromatic hydroxyl groups is 4. The smallest absolute Gasteiger partial charge is 0.309 e. The van der Waals surface area contributed by atoms with Gasteiger partial charge in [-0.3, -0.25) is 18.7 Å². The van der Waals surface area contributed by atoms with Crippen LogP contribution in [0.15, 0.2) is 71.8 Å². The number of allylic oxidation sites excluding steroid dienone is 4. The van der Waals surface area contributed by atoms with Gasteiger partial charge in [-0.25, -0.2) is 0 Å². The van der Waals surface area contributed by atoms with Gasteiger partial charge < -0.3 is 30.3 Å². The van der Waals surface area contributed by atoms with Crippen molar-refractivity contribution in [3.8, 4) is 34.9 Å². The minimum atomic E-state index is -0.778. The third-order valence-electron chi connectivity index (χ3n) is 21.9. The van der Waals surface area contributed by atoms with E-state index in [9.17, 15) is 35.1 Å². The van der Waals surface area contributed by atoms with Crippen LogP contribution >= 0.6 is 0 Å². The minimum absolute atomic E-state index is 0.0129. The summed E-state index contributed by atoms with van der Waals surface area (Å²) < 4.78 is 9.22. The Morgan fingerprint density at radius 1 is 0.620 bits per heavy atom. The molecule has 4 bridgehead atoms. The van der Waals surface area contributed by atoms with Crippen molar-refractivity contribution in [2.24, 2.45) is 51.8 Å². The first kappa shape index (κ1) is 46.7. The van der Waals surface area contributed by atoms with Crippen molar-refractivity contribution >= 4 is 12.4 Å². The van der Waals surface area contributed by atoms with Crippen LogP contribution in [0.1, 0.15) is 178 Å². The maximum absolute atomic E-state index is 12.9. The summed E-state index contributed by atoms with van der Waals surface area (Å²) in [6, 6.07) is 16.1. The number of hydrogen-bond acceptors (Lipinski definition) is 7. The van der Waals surface area contributed by atoms with Gasteiger partial charge >= 0.3 is 5.97 Å². The number of carboxylic acid groups (broad SMARTS) is 1. The van der Waals surface area contributed by atoms with Crippen LogP contribution in [-0.4, -0.2) is 52.7 Å². The highest BCUT2D eigenvalue weighted by atomic mass is 16.5. The van der Waals surface area contributed by atoms with Crippen molar-refractivity contribution in [2.45, 2.75) is 167 Å². The van der Waals surface area contributed by atoms with Crippen molar-refractivity contribution in [2.75, 3.05) is 0 Å². The molecule has 12 atom stereocenters. The molecule has 0 saturated heterocycles. The molecule has 0 amide bonds. The predicted octanol–water partition coefficient (Wildman–Crippen LogP) is 12.8. The number of carbonyl (C=O) groups excluding carboxylic acids is 1. The molecule has 14 rings (SSSR count). The summed E-state index contributed by atoms with van der Waals surface area (Å²) in [5.74, 6) is 0.877. The summed E-state index contributed by atoms with van der Waals surface area (Å²) in [6.45, 7) is 18.4. The molecule has 10 nitrogen and oxygen atoms in total. The van der Waals surface area contributed by atoms with Crippen LogP contribution in [0.2, 0.25) is 0 Å². The number of rotatable bonds is 9. The van der Waals surface area contributed by atoms with E-state index in [0.717, 1.165) is 104 Å². The molecule has 2 aromatic carbocycles. The highest BCUT2D eigenvalue weighted by Crippen LogP contribution is 2.75. The van der Waals surface area contributed by atoms with Crippen LogP contribution < -0.4 is 0 Å². The molecular weight excluding hydrogens is 889 g/mol. The Morgan fingerprint density at radius 2 is 1.06 bits per heavy atom. The number of aliphatic carboxylic acids is 1. The standard InChI is InChI=1S/C61H74N2O8/c1-33(2)41-30-60-25-19-43-56(5,21-9-23-58(43,7)55(69)70)45(60)28-39(41)47-49(60)53(67)62(51(47)65)37-15-11-35(12-16-37)27-36-13-17-38(18-14-36)63-52(66)48-40-29-46-57(6)22-10-24-59(8,71-32-64)44(57)20-26-61(46,50(48)54(63)68)31-42(40)34(3)4/h11-18,30-34,39-40,43-46,65-68H,9-10,19-29H2,1-8H3,(H,69,70). The van der Waals surface area contributed by atoms with Gasteiger partial charge in [-0.05, 0) is 167 Å². The Morgan fingerprint density at radius 3 is 1.49 bits per heavy atom. The number of hydrogen-bond donors (Lipinski definition) is 5. The van der Waals surface area contributed by atoms with Gasteiger partial charge in [0.05, 0.1) is 16.8 Å². The number of carbonyl (C=O) groups is 2. The first-order chi connectivity index (χ1) is 33.7. The highest BCUT2D eigenvalue weighted by molar-refractivity contribution is 5.75. The molecule has 0 radical (unpaired) electrons. The molecule has 10 aliphatic rings. The average molecular weight is 963 g/mol. The van der Waals surface area contributed by atoms with E-state index < -0.39 is 27.8 Å². The van der Waals surface area contributed by atoms with E-state index in [1.165, 1.54) is 11.1 Å². The Bertz CT molecular complexity index is 2960. The fourth-order valence-electron chi connectivity index (χ4n) is 18.9. The van der Waals surface area contributed by atoms with E-state index in [4.69, 9.17) is 4.74 Å². The normalized spacial score (nSPS) is 37.3. The molecule has 2 heterocycles. The zero-order valence-electron chi connectivity index (χ0n) is 43.0. The van der Waals surface area contributed by atoms with Crippen molar-refractivity contribution in [3.63, 3.8) is 0 Å². The summed E-state index contributed by atoms with van der Waals surface area (Å²) in [5, 5.41) is 59.9. The largest absolute Gasteiger partial charge is 0.494 e. The number of fused-ring (bicyclic) bond motifs is 2. The van der Waals surface area contributed by atoms with Gasteiger partial charge in [0.15, 0.2) is 0 Å². The zero-order chi connectivity index (χ0) is 50.1. The van der Waals surface area contributed by atoms with E-state index in [2.05, 4.69) is 72.8 Å². The van der Waals surface area contributed by atoms with Gasteiger partial charge in [0.25, 0.3) is 6.47 Å². The topological polar surface area (TPSA) is 154 Å². The molecular formula is C61H74N2O8. The van der Waals surface area contributed by atoms with Crippen molar-refractivity contribution in [1.29, 1.82) is 0 Å². The van der Waals surface area contributed by atoms with Gasteiger partial charge in [0.2, 0.25) is 23.5 Å². The summed E-state index contributed by atoms with van der Waals surface area (Å²) in [5.41, 5.74) is 7.07. The lowest BCUT2D eigenvalue weighted by Crippen LogP contribution is -2.62. The second-order valence-corrected chi connectivity index (χ2v) is 25.6. The molecule has 4 aromatic rings. The molecule has 0 aliphatic heterocycles. The second kappa shape index (κ2) is 15.3. The molecule has 4 saturated carbocycles. The maximum atomic E-state index is 12.9. The van der Waals surface area contributed by atoms with Gasteiger partial charge in [-0.15, -0.1) is 0 Å². The number of nitrogens with zero attached hydrogens (tertiary/aromatic N) is 2. The minimum Gasteiger partial charge on any atom is -0.494 e. The van der Waals surface area contributed by atoms with Gasteiger partial charge in [-0.2, -0.15) is 0 Å². The SMILES string of the molecule is CC(C)C1=CC23CCC4C(C)(OC=O)CCCC4(C)C2CC1c1c3c(O)n(-c2ccc(Cc3ccc(-n4c(O)c5c(c4O)C46C=C(C(C)C)C5CC4C4(C)CCCC(C)(C(=O)O)C4CC6)cc3)cc2)c1O. The molecule has 71 heavy (non-hydrogen) atoms. The number of benzene rings is 2. The lowest BCUT2D eigenvalue weighted by atomic mass is 9.37. The van der Waals surface area contributed by atoms with Gasteiger partial charge in [-0.1, -0.05) is 95.5 Å². The molecule has 10 heteroatoms. The molecule has 10 aliphatic carbocycles. The molecule has 376 valence electrons. The fourth-order valence-corrected chi connectivity index (χ4v) is 18.9. The number of ether oxygens (including phenoxy) is 1. The maximum Gasteiger partial charge on any atom is 0.309 e. The highest BCUT2D eigenvalue weighted by Gasteiger charge is 2.69. The third-order valence-corrected chi connectivity index (χ3v) is 21.9. The summed E-state index contributed by atoms with van der Waals surface area (Å²) in [4.78, 5) is 24.7. The van der Waals surface area contributed by atoms with Crippen molar-refractivity contribution in [3.05, 3.63) is 105 Å². The molecule has 12 unspecified atom stereocenters. The third kappa shape index (κ3) is 5.94. The first-order valence-electron chi connectivity index (χ1n) is 27.0. The molecule has 4 fully saturated rings. The second-order valence-electron chi connectivity index (χ2n) is 25.6. The van der Waals surface area contributed by atoms with E-state index in [0.29, 0.717) is 30.7 Å². The molecule has 2 spiro atoms. The molecule has 5 N–H and O–H groups in total. The quantitative estimate of drug-likeness (QED) is 0.0821. The Labute approximate surface area is 418 Å². The number of aromatic nitrogens is 2. The van der Waals surface area contributed by atoms with Crippen LogP contribution in [0.4, 0.5) is 0 Å². The lowest BCUT2D eigenvalue weighted by Gasteiger charge is -2.66. The van der Waals surface area contributed by atoms with Crippen LogP contribution in [-0.2, 0) is 31.6 Å². The monoisotopic (exact) mass is 963 g/mol. The van der Waals surface area contributed by atoms with E-state index in [1.54, 1.807) is 9.13 Å². The van der Waals surface area contributed by atoms with E-state index in [-0.39, 0.29) is 81.7 Å². The fraction of sp³-hybridized carbons (Fsp3) is 0.574. The number of carboxylic acids is 1. The van der Waals surface area contributed by atoms with Crippen LogP contribution in [0, 0.1) is 51.8 Å². The van der Waals surface area contributed by atoms with Crippen LogP contribution in [0.3, 0.4) is 0 Å². The van der Waals surface area contributed by atoms with Crippen molar-refractivity contribution in [1.82, 2.24) is 9.13 Å². The summed E-state index contributed by atoms with van der Waals surface area (Å²) in [6.07, 6.45) is 15.9. The Hall–Kier alpha value is -5.38. The summed E-state index contributed by atoms with van der Waals surface area (Å²) in [7, 11) is 0. The van der Waals surface area contributed by atoms with Crippen LogP contribution in [0.25, 0.3) is 11.4 Å². The van der Waals surface area contributed by atoms with Crippen molar-refractivity contribution < 1.29 is 39.9 Å². The van der Waals surface area contributed by atoms with Gasteiger partial charge in [0.1, 0.15) is 5.60 Å². The van der Waals surface area contributed by atoms with Crippen LogP contribution in [0.5, 0.6) is 23.5 Å². The first-order valence-corrected chi connectivity index (χ1v) is 27.0. The lowest BCUT2D eigenvalue weighted by molar-refractivity contribution is -0.184. The Kier molecular flexibility index (Phi) is 10.1. The summed E-state index contributed by atoms with van der Waals surface area (Å²) >= 11 is 0. The average Bonchev–Trinajstić information content (AvgIpc) is 3.78. The Balaban J connectivity index is 0.832. The molecule has 2 aromatic heterocycles.